The van der Waals surface area contributed by atoms with Crippen LogP contribution in [0.25, 0.3) is 11.2 Å². The maximum Gasteiger partial charge on any atom is 0.167 e. The second-order valence-electron chi connectivity index (χ2n) is 4.20. The fourth-order valence-electron chi connectivity index (χ4n) is 2.13. The molecule has 0 amide bonds. The molecule has 2 aromatic heterocycles. The number of aliphatic hydroxyl groups excluding tert-OH is 2. The summed E-state index contributed by atoms with van der Waals surface area (Å²) in [4.78, 5) is 12.1. The second kappa shape index (κ2) is 4.16. The van der Waals surface area contributed by atoms with E-state index >= 15 is 0 Å². The smallest absolute Gasteiger partial charge is 0.167 e. The van der Waals surface area contributed by atoms with Crippen molar-refractivity contribution in [3.8, 4) is 0 Å². The minimum atomic E-state index is -0.698. The Hall–Kier alpha value is -1.77. The predicted molar refractivity (Wildman–Crippen MR) is 61.4 cm³/mol. The predicted octanol–water partition coefficient (Wildman–Crippen LogP) is -0.951. The number of nitrogens with two attached hydrogens (primary N) is 1. The van der Waals surface area contributed by atoms with Crippen molar-refractivity contribution in [2.45, 2.75) is 24.9 Å². The van der Waals surface area contributed by atoms with Crippen LogP contribution in [0.2, 0.25) is 0 Å². The van der Waals surface area contributed by atoms with Gasteiger partial charge in [-0.2, -0.15) is 0 Å². The summed E-state index contributed by atoms with van der Waals surface area (Å²) < 4.78 is 7.22. The van der Waals surface area contributed by atoms with Crippen LogP contribution in [0, 0.1) is 0 Å². The van der Waals surface area contributed by atoms with Crippen LogP contribution in [0.4, 0.5) is 5.82 Å². The first-order valence-electron chi connectivity index (χ1n) is 5.58. The molecule has 1 saturated heterocycles. The Morgan fingerprint density at radius 2 is 2.39 bits per heavy atom. The number of aliphatic hydroxyl groups is 2. The lowest BCUT2D eigenvalue weighted by Crippen LogP contribution is -2.24. The Kier molecular flexibility index (Phi) is 2.62. The van der Waals surface area contributed by atoms with E-state index < -0.39 is 18.4 Å². The van der Waals surface area contributed by atoms with E-state index in [4.69, 9.17) is 15.6 Å². The lowest BCUT2D eigenvalue weighted by molar-refractivity contribution is -0.0432. The number of anilines is 1. The zero-order valence-electron chi connectivity index (χ0n) is 9.47. The second-order valence-corrected chi connectivity index (χ2v) is 4.20. The first-order valence-corrected chi connectivity index (χ1v) is 5.58. The van der Waals surface area contributed by atoms with Crippen LogP contribution in [0.3, 0.4) is 0 Å². The van der Waals surface area contributed by atoms with Gasteiger partial charge in [0.25, 0.3) is 0 Å². The van der Waals surface area contributed by atoms with Gasteiger partial charge in [-0.25, -0.2) is 15.0 Å². The quantitative estimate of drug-likeness (QED) is 0.631. The highest BCUT2D eigenvalue weighted by Gasteiger charge is 2.35. The highest BCUT2D eigenvalue weighted by atomic mass is 16.5. The van der Waals surface area contributed by atoms with Crippen molar-refractivity contribution < 1.29 is 14.9 Å². The van der Waals surface area contributed by atoms with E-state index in [0.29, 0.717) is 23.4 Å². The van der Waals surface area contributed by atoms with Gasteiger partial charge in [-0.1, -0.05) is 0 Å². The molecule has 0 spiro atoms. The largest absolute Gasteiger partial charge is 0.394 e. The Morgan fingerprint density at radius 1 is 1.56 bits per heavy atom. The summed E-state index contributed by atoms with van der Waals surface area (Å²) in [6, 6.07) is 0. The van der Waals surface area contributed by atoms with Crippen LogP contribution in [0.5, 0.6) is 0 Å². The fraction of sp³-hybridized carbons (Fsp3) is 0.500. The summed E-state index contributed by atoms with van der Waals surface area (Å²) in [7, 11) is 0. The third kappa shape index (κ3) is 1.62. The zero-order valence-corrected chi connectivity index (χ0v) is 9.47. The van der Waals surface area contributed by atoms with Gasteiger partial charge < -0.3 is 20.7 Å². The number of hydrogen-bond acceptors (Lipinski definition) is 7. The summed E-state index contributed by atoms with van der Waals surface area (Å²) in [5.41, 5.74) is 6.75. The first-order chi connectivity index (χ1) is 8.70. The lowest BCUT2D eigenvalue weighted by Gasteiger charge is -2.13. The van der Waals surface area contributed by atoms with E-state index in [1.54, 1.807) is 10.9 Å². The van der Waals surface area contributed by atoms with E-state index in [-0.39, 0.29) is 6.61 Å². The van der Waals surface area contributed by atoms with Gasteiger partial charge in [0.05, 0.1) is 19.0 Å². The van der Waals surface area contributed by atoms with Gasteiger partial charge in [0, 0.05) is 6.42 Å². The SMILES string of the molecule is Nc1ncnc2c1n[14cH]n2[C@@H]1C[C@H](O)[C@@H](CO)O1. The number of imidazole rings is 1. The molecule has 1 aliphatic rings. The van der Waals surface area contributed by atoms with E-state index in [1.165, 1.54) is 6.33 Å². The van der Waals surface area contributed by atoms with Gasteiger partial charge in [0.15, 0.2) is 11.5 Å². The van der Waals surface area contributed by atoms with Crippen LogP contribution in [-0.2, 0) is 4.74 Å². The van der Waals surface area contributed by atoms with E-state index in [2.05, 4.69) is 15.0 Å². The van der Waals surface area contributed by atoms with Gasteiger partial charge in [-0.05, 0) is 0 Å². The lowest BCUT2D eigenvalue weighted by atomic mass is 10.2. The maximum absolute atomic E-state index is 9.71. The van der Waals surface area contributed by atoms with Crippen LogP contribution >= 0.6 is 0 Å². The first kappa shape index (κ1) is 11.3. The van der Waals surface area contributed by atoms with E-state index in [9.17, 15) is 5.11 Å². The number of hydrogen-bond donors (Lipinski definition) is 3. The molecule has 0 unspecified atom stereocenters. The van der Waals surface area contributed by atoms with Crippen molar-refractivity contribution in [2.75, 3.05) is 12.3 Å². The van der Waals surface area contributed by atoms with Crippen molar-refractivity contribution in [1.82, 2.24) is 19.5 Å². The summed E-state index contributed by atoms with van der Waals surface area (Å²) in [6.07, 6.45) is 1.60. The topological polar surface area (TPSA) is 119 Å². The van der Waals surface area contributed by atoms with Crippen molar-refractivity contribution in [3.63, 3.8) is 0 Å². The maximum atomic E-state index is 9.71. The molecule has 8 nitrogen and oxygen atoms in total. The minimum absolute atomic E-state index is 0.221. The average molecular weight is 253 g/mol. The van der Waals surface area contributed by atoms with Gasteiger partial charge >= 0.3 is 0 Å². The summed E-state index contributed by atoms with van der Waals surface area (Å²) >= 11 is 0. The number of nitrogen functional groups attached to an aromatic ring is 1. The molecule has 0 aromatic carbocycles. The third-order valence-corrected chi connectivity index (χ3v) is 3.08. The van der Waals surface area contributed by atoms with Crippen molar-refractivity contribution in [3.05, 3.63) is 12.7 Å². The molecule has 3 heterocycles. The van der Waals surface area contributed by atoms with Crippen LogP contribution in [0.15, 0.2) is 12.7 Å². The van der Waals surface area contributed by atoms with E-state index in [1.807, 2.05) is 0 Å². The number of rotatable bonds is 2. The summed E-state index contributed by atoms with van der Waals surface area (Å²) in [6.45, 7) is -0.221. The highest BCUT2D eigenvalue weighted by molar-refractivity contribution is 5.81. The number of aromatic nitrogens is 4. The number of ether oxygens (including phenoxy) is 1. The molecule has 0 bridgehead atoms. The standard InChI is InChI=1S/C10H13N5O3/c11-9-8-10(13-3-12-9)15(4-14-8)7-1-5(17)6(2-16)18-7/h3-7,16-17H,1-2H2,(H2,11,12,13)/t5-,6+,7-/m0/s1/i4+2. The molecule has 8 heteroatoms. The monoisotopic (exact) mass is 253 g/mol. The van der Waals surface area contributed by atoms with Gasteiger partial charge in [-0.15, -0.1) is 0 Å². The highest BCUT2D eigenvalue weighted by Crippen LogP contribution is 2.30. The van der Waals surface area contributed by atoms with Crippen LogP contribution in [0.1, 0.15) is 12.6 Å². The van der Waals surface area contributed by atoms with E-state index in [0.717, 1.165) is 0 Å². The van der Waals surface area contributed by atoms with Crippen molar-refractivity contribution in [2.24, 2.45) is 0 Å². The zero-order chi connectivity index (χ0) is 12.7. The molecule has 0 radical (unpaired) electrons. The molecule has 96 valence electrons. The Balaban J connectivity index is 1.99. The van der Waals surface area contributed by atoms with Gasteiger partial charge in [0.2, 0.25) is 0 Å². The summed E-state index contributed by atoms with van der Waals surface area (Å²) in [5.74, 6) is 0.302. The molecule has 18 heavy (non-hydrogen) atoms. The number of fused-ring (bicyclic) bond motifs is 1. The van der Waals surface area contributed by atoms with Gasteiger partial charge in [0.1, 0.15) is 24.2 Å². The molecule has 2 aromatic rings. The molecule has 1 fully saturated rings. The molecule has 0 aliphatic carbocycles. The third-order valence-electron chi connectivity index (χ3n) is 3.08. The molecule has 1 aliphatic heterocycles. The summed E-state index contributed by atoms with van der Waals surface area (Å²) in [5, 5.41) is 18.8. The minimum Gasteiger partial charge on any atom is -0.394 e. The fourth-order valence-corrected chi connectivity index (χ4v) is 2.13. The van der Waals surface area contributed by atoms with Crippen molar-refractivity contribution in [1.29, 1.82) is 0 Å². The average Bonchev–Trinajstić information content (AvgIpc) is 2.93. The van der Waals surface area contributed by atoms with Crippen LogP contribution in [-0.4, -0.2) is 48.5 Å². The molecule has 0 saturated carbocycles. The Morgan fingerprint density at radius 3 is 3.11 bits per heavy atom. The molecular formula is C10H13N5O3. The van der Waals surface area contributed by atoms with Crippen LogP contribution < -0.4 is 5.73 Å². The molecule has 3 rings (SSSR count). The molecule has 4 N–H and O–H groups in total. The Bertz CT molecular complexity index is 572. The number of nitrogens with zero attached hydrogens (tertiary/aromatic N) is 4. The normalized spacial score (nSPS) is 28.0. The van der Waals surface area contributed by atoms with Crippen molar-refractivity contribution >= 4 is 17.0 Å². The molecule has 3 atom stereocenters. The molecular weight excluding hydrogens is 240 g/mol. The van der Waals surface area contributed by atoms with Gasteiger partial charge in [-0.3, -0.25) is 4.57 Å². The Labute approximate surface area is 102 Å².